The highest BCUT2D eigenvalue weighted by Gasteiger charge is 2.30. The van der Waals surface area contributed by atoms with Crippen LogP contribution in [-0.2, 0) is 4.74 Å². The topological polar surface area (TPSA) is 50.4 Å². The monoisotopic (exact) mass is 242 g/mol. The fourth-order valence-electron chi connectivity index (χ4n) is 1.91. The van der Waals surface area contributed by atoms with Crippen molar-refractivity contribution in [2.24, 2.45) is 5.41 Å². The van der Waals surface area contributed by atoms with Gasteiger partial charge in [0.1, 0.15) is 5.60 Å². The molecule has 0 bridgehead atoms. The molecule has 1 rings (SSSR count). The summed E-state index contributed by atoms with van der Waals surface area (Å²) in [6.07, 6.45) is 3.65. The van der Waals surface area contributed by atoms with E-state index in [1.807, 2.05) is 20.8 Å². The average Bonchev–Trinajstić information content (AvgIpc) is 2.11. The van der Waals surface area contributed by atoms with Crippen LogP contribution in [0.5, 0.6) is 0 Å². The predicted octanol–water partition coefficient (Wildman–Crippen LogP) is 2.29. The number of carbonyl (C=O) groups excluding carboxylic acids is 1. The number of amides is 1. The number of ether oxygens (including phenoxy) is 1. The van der Waals surface area contributed by atoms with Crippen LogP contribution in [0.25, 0.3) is 0 Å². The molecule has 0 atom stereocenters. The van der Waals surface area contributed by atoms with Crippen LogP contribution in [0.4, 0.5) is 4.79 Å². The first kappa shape index (κ1) is 14.3. The summed E-state index contributed by atoms with van der Waals surface area (Å²) < 4.78 is 5.14. The molecule has 2 N–H and O–H groups in total. The highest BCUT2D eigenvalue weighted by atomic mass is 16.6. The van der Waals surface area contributed by atoms with E-state index in [9.17, 15) is 4.79 Å². The van der Waals surface area contributed by atoms with E-state index in [4.69, 9.17) is 4.74 Å². The number of hydrogen-bond donors (Lipinski definition) is 2. The number of alkyl carbamates (subject to hydrolysis) is 1. The number of carbonyl (C=O) groups is 1. The van der Waals surface area contributed by atoms with E-state index in [2.05, 4.69) is 17.6 Å². The smallest absolute Gasteiger partial charge is 0.407 e. The molecule has 0 saturated heterocycles. The van der Waals surface area contributed by atoms with Crippen LogP contribution in [0.1, 0.15) is 47.0 Å². The van der Waals surface area contributed by atoms with Gasteiger partial charge in [0.15, 0.2) is 0 Å². The van der Waals surface area contributed by atoms with Crippen molar-refractivity contribution in [3.63, 3.8) is 0 Å². The second-order valence-corrected chi connectivity index (χ2v) is 6.27. The number of nitrogens with one attached hydrogen (secondary N) is 2. The summed E-state index contributed by atoms with van der Waals surface area (Å²) in [5.74, 6) is 0. The molecule has 1 aliphatic rings. The maximum absolute atomic E-state index is 11.3. The Hall–Kier alpha value is -0.770. The summed E-state index contributed by atoms with van der Waals surface area (Å²) in [7, 11) is 0. The van der Waals surface area contributed by atoms with E-state index in [1.54, 1.807) is 0 Å². The summed E-state index contributed by atoms with van der Waals surface area (Å²) in [4.78, 5) is 11.3. The van der Waals surface area contributed by atoms with Gasteiger partial charge >= 0.3 is 6.09 Å². The first-order chi connectivity index (χ1) is 7.81. The molecule has 0 aliphatic heterocycles. The molecule has 0 unspecified atom stereocenters. The lowest BCUT2D eigenvalue weighted by atomic mass is 9.70. The van der Waals surface area contributed by atoms with Crippen molar-refractivity contribution < 1.29 is 9.53 Å². The van der Waals surface area contributed by atoms with E-state index in [0.717, 1.165) is 13.1 Å². The van der Waals surface area contributed by atoms with Crippen LogP contribution in [0.2, 0.25) is 0 Å². The molecule has 0 aromatic rings. The maximum Gasteiger partial charge on any atom is 0.407 e. The Labute approximate surface area is 104 Å². The van der Waals surface area contributed by atoms with Crippen molar-refractivity contribution in [1.29, 1.82) is 0 Å². The van der Waals surface area contributed by atoms with Crippen molar-refractivity contribution >= 4 is 6.09 Å². The zero-order valence-electron chi connectivity index (χ0n) is 11.6. The van der Waals surface area contributed by atoms with Gasteiger partial charge in [-0.15, -0.1) is 0 Å². The molecule has 1 fully saturated rings. The predicted molar refractivity (Wildman–Crippen MR) is 69.1 cm³/mol. The molecule has 100 valence electrons. The Bertz CT molecular complexity index is 255. The zero-order valence-corrected chi connectivity index (χ0v) is 11.6. The van der Waals surface area contributed by atoms with Crippen LogP contribution < -0.4 is 10.6 Å². The van der Waals surface area contributed by atoms with Crippen molar-refractivity contribution in [2.75, 3.05) is 19.6 Å². The van der Waals surface area contributed by atoms with Crippen LogP contribution in [-0.4, -0.2) is 31.3 Å². The highest BCUT2D eigenvalue weighted by Crippen LogP contribution is 2.39. The van der Waals surface area contributed by atoms with Gasteiger partial charge in [0.2, 0.25) is 0 Å². The van der Waals surface area contributed by atoms with Crippen molar-refractivity contribution in [2.45, 2.75) is 52.6 Å². The van der Waals surface area contributed by atoms with Gasteiger partial charge in [-0.05, 0) is 39.0 Å². The van der Waals surface area contributed by atoms with E-state index in [1.165, 1.54) is 19.3 Å². The lowest BCUT2D eigenvalue weighted by molar-refractivity contribution is 0.0527. The molecule has 4 nitrogen and oxygen atoms in total. The fourth-order valence-corrected chi connectivity index (χ4v) is 1.91. The van der Waals surface area contributed by atoms with Crippen molar-refractivity contribution in [1.82, 2.24) is 10.6 Å². The molecule has 1 amide bonds. The standard InChI is InChI=1S/C13H26N2O2/c1-12(2,3)17-11(16)15-9-8-14-10-13(4)6-5-7-13/h14H,5-10H2,1-4H3,(H,15,16). The molecule has 0 heterocycles. The molecule has 1 saturated carbocycles. The van der Waals surface area contributed by atoms with Crippen LogP contribution in [0.15, 0.2) is 0 Å². The van der Waals surface area contributed by atoms with Crippen LogP contribution in [0.3, 0.4) is 0 Å². The van der Waals surface area contributed by atoms with Gasteiger partial charge in [0.25, 0.3) is 0 Å². The van der Waals surface area contributed by atoms with Crippen molar-refractivity contribution in [3.05, 3.63) is 0 Å². The summed E-state index contributed by atoms with van der Waals surface area (Å²) in [5.41, 5.74) is 0.0723. The largest absolute Gasteiger partial charge is 0.444 e. The number of hydrogen-bond acceptors (Lipinski definition) is 3. The Morgan fingerprint density at radius 1 is 1.29 bits per heavy atom. The first-order valence-electron chi connectivity index (χ1n) is 6.48. The minimum absolute atomic E-state index is 0.339. The first-order valence-corrected chi connectivity index (χ1v) is 6.48. The minimum Gasteiger partial charge on any atom is -0.444 e. The third-order valence-corrected chi connectivity index (χ3v) is 3.08. The van der Waals surface area contributed by atoms with Crippen molar-refractivity contribution in [3.8, 4) is 0 Å². The minimum atomic E-state index is -0.420. The average molecular weight is 242 g/mol. The Balaban J connectivity index is 1.98. The molecule has 0 radical (unpaired) electrons. The van der Waals surface area contributed by atoms with E-state index in [0.29, 0.717) is 12.0 Å². The second-order valence-electron chi connectivity index (χ2n) is 6.27. The number of rotatable bonds is 5. The van der Waals surface area contributed by atoms with Gasteiger partial charge in [-0.25, -0.2) is 4.79 Å². The molecule has 0 aromatic carbocycles. The highest BCUT2D eigenvalue weighted by molar-refractivity contribution is 5.67. The Kier molecular flexibility index (Phi) is 4.80. The Morgan fingerprint density at radius 2 is 1.94 bits per heavy atom. The third-order valence-electron chi connectivity index (χ3n) is 3.08. The van der Waals surface area contributed by atoms with E-state index >= 15 is 0 Å². The second kappa shape index (κ2) is 5.71. The Morgan fingerprint density at radius 3 is 2.41 bits per heavy atom. The van der Waals surface area contributed by atoms with Gasteiger partial charge in [-0.2, -0.15) is 0 Å². The van der Waals surface area contributed by atoms with Gasteiger partial charge in [0, 0.05) is 19.6 Å². The van der Waals surface area contributed by atoms with Gasteiger partial charge in [0.05, 0.1) is 0 Å². The van der Waals surface area contributed by atoms with E-state index < -0.39 is 5.60 Å². The molecular formula is C13H26N2O2. The lowest BCUT2D eigenvalue weighted by Crippen LogP contribution is -2.41. The molecular weight excluding hydrogens is 216 g/mol. The zero-order chi connectivity index (χ0) is 12.9. The summed E-state index contributed by atoms with van der Waals surface area (Å²) in [6.45, 7) is 10.4. The normalized spacial score (nSPS) is 18.4. The quantitative estimate of drug-likeness (QED) is 0.727. The molecule has 1 aliphatic carbocycles. The van der Waals surface area contributed by atoms with Gasteiger partial charge in [-0.3, -0.25) is 0 Å². The van der Waals surface area contributed by atoms with Gasteiger partial charge < -0.3 is 15.4 Å². The summed E-state index contributed by atoms with van der Waals surface area (Å²) >= 11 is 0. The maximum atomic E-state index is 11.3. The van der Waals surface area contributed by atoms with Crippen LogP contribution >= 0.6 is 0 Å². The molecule has 0 aromatic heterocycles. The lowest BCUT2D eigenvalue weighted by Gasteiger charge is -2.38. The van der Waals surface area contributed by atoms with Crippen LogP contribution in [0, 0.1) is 5.41 Å². The molecule has 4 heteroatoms. The van der Waals surface area contributed by atoms with Gasteiger partial charge in [-0.1, -0.05) is 13.3 Å². The fraction of sp³-hybridized carbons (Fsp3) is 0.923. The SMILES string of the molecule is CC1(CNCCNC(=O)OC(C)(C)C)CCC1. The molecule has 17 heavy (non-hydrogen) atoms. The van der Waals surface area contributed by atoms with E-state index in [-0.39, 0.29) is 6.09 Å². The summed E-state index contributed by atoms with van der Waals surface area (Å²) in [6, 6.07) is 0. The summed E-state index contributed by atoms with van der Waals surface area (Å²) in [5, 5.41) is 6.11. The molecule has 0 spiro atoms. The third kappa shape index (κ3) is 5.91.